The summed E-state index contributed by atoms with van der Waals surface area (Å²) in [6, 6.07) is -0.919. The van der Waals surface area contributed by atoms with Gasteiger partial charge in [0.15, 0.2) is 0 Å². The van der Waals surface area contributed by atoms with Gasteiger partial charge in [-0.05, 0) is 25.8 Å². The number of esters is 1. The van der Waals surface area contributed by atoms with Crippen LogP contribution in [0.2, 0.25) is 0 Å². The number of carbonyl (C=O) groups is 3. The minimum Gasteiger partial charge on any atom is -0.454 e. The van der Waals surface area contributed by atoms with E-state index >= 15 is 0 Å². The van der Waals surface area contributed by atoms with Gasteiger partial charge in [0.05, 0.1) is 18.1 Å². The zero-order valence-electron chi connectivity index (χ0n) is 14.8. The molecular weight excluding hydrogens is 322 g/mol. The van der Waals surface area contributed by atoms with Crippen molar-refractivity contribution in [2.75, 3.05) is 0 Å². The molecule has 0 aromatic carbocycles. The van der Waals surface area contributed by atoms with Crippen molar-refractivity contribution in [2.24, 2.45) is 11.8 Å². The Labute approximate surface area is 147 Å². The lowest BCUT2D eigenvalue weighted by molar-refractivity contribution is -0.138. The van der Waals surface area contributed by atoms with Crippen LogP contribution in [0.15, 0.2) is 35.5 Å². The van der Waals surface area contributed by atoms with Gasteiger partial charge in [-0.2, -0.15) is 0 Å². The summed E-state index contributed by atoms with van der Waals surface area (Å²) in [6.45, 7) is 9.09. The number of ether oxygens (including phenoxy) is 1. The van der Waals surface area contributed by atoms with E-state index in [4.69, 9.17) is 4.74 Å². The van der Waals surface area contributed by atoms with E-state index in [0.29, 0.717) is 24.7 Å². The second-order valence-corrected chi connectivity index (χ2v) is 6.93. The molecule has 1 amide bonds. The first-order valence-corrected chi connectivity index (χ1v) is 8.47. The maximum Gasteiger partial charge on any atom is 0.334 e. The molecule has 25 heavy (non-hydrogen) atoms. The highest BCUT2D eigenvalue weighted by molar-refractivity contribution is 5.91. The highest BCUT2D eigenvalue weighted by Crippen LogP contribution is 2.34. The van der Waals surface area contributed by atoms with Crippen LogP contribution in [0.3, 0.4) is 0 Å². The van der Waals surface area contributed by atoms with Crippen LogP contribution in [-0.2, 0) is 19.1 Å². The van der Waals surface area contributed by atoms with E-state index in [1.54, 1.807) is 19.9 Å². The molecule has 0 radical (unpaired) electrons. The highest BCUT2D eigenvalue weighted by Gasteiger charge is 2.45. The van der Waals surface area contributed by atoms with Crippen LogP contribution in [-0.4, -0.2) is 41.5 Å². The number of hydrogen-bond donors (Lipinski definition) is 2. The van der Waals surface area contributed by atoms with Gasteiger partial charge in [-0.3, -0.25) is 9.59 Å². The maximum absolute atomic E-state index is 12.2. The number of hydrogen-bond acceptors (Lipinski definition) is 5. The average molecular weight is 347 g/mol. The molecule has 1 aliphatic heterocycles. The van der Waals surface area contributed by atoms with Gasteiger partial charge >= 0.3 is 5.97 Å². The molecule has 1 heterocycles. The van der Waals surface area contributed by atoms with E-state index in [-0.39, 0.29) is 17.4 Å². The van der Waals surface area contributed by atoms with Crippen molar-refractivity contribution in [1.82, 2.24) is 5.32 Å². The number of aldehydes is 1. The van der Waals surface area contributed by atoms with Crippen molar-refractivity contribution in [1.29, 1.82) is 0 Å². The molecule has 1 fully saturated rings. The monoisotopic (exact) mass is 347 g/mol. The number of allylic oxidation sites excluding steroid dienone is 2. The van der Waals surface area contributed by atoms with Crippen LogP contribution in [0.5, 0.6) is 0 Å². The summed E-state index contributed by atoms with van der Waals surface area (Å²) in [6.07, 6.45) is 3.59. The fourth-order valence-electron chi connectivity index (χ4n) is 3.12. The van der Waals surface area contributed by atoms with Crippen LogP contribution in [0, 0.1) is 11.8 Å². The maximum atomic E-state index is 12.2. The van der Waals surface area contributed by atoms with Gasteiger partial charge in [0.1, 0.15) is 12.4 Å². The Morgan fingerprint density at radius 2 is 2.16 bits per heavy atom. The number of carbonyl (C=O) groups excluding carboxylic acids is 3. The number of fused-ring (bicyclic) bond motifs is 1. The number of aliphatic hydroxyl groups excluding tert-OH is 1. The predicted octanol–water partition coefficient (Wildman–Crippen LogP) is 1.45. The summed E-state index contributed by atoms with van der Waals surface area (Å²) in [5.74, 6) is -1.88. The molecule has 2 aliphatic rings. The van der Waals surface area contributed by atoms with Gasteiger partial charge in [0.2, 0.25) is 5.91 Å². The van der Waals surface area contributed by atoms with Crippen LogP contribution >= 0.6 is 0 Å². The van der Waals surface area contributed by atoms with E-state index in [1.165, 1.54) is 0 Å². The molecule has 4 atom stereocenters. The average Bonchev–Trinajstić information content (AvgIpc) is 2.82. The largest absolute Gasteiger partial charge is 0.454 e. The standard InChI is InChI=1S/C19H25NO5/c1-10(2)18(23)20-16-13(9-21)7-5-6-11(3)8-14-15(17(16)22)12(4)19(24)25-14/h7-10,14-17,22H,4-6H2,1-3H3,(H,20,23)/b11-8+,13-7-/t14-,15+,16-,17-/m0/s1. The van der Waals surface area contributed by atoms with Crippen LogP contribution in [0.4, 0.5) is 0 Å². The summed E-state index contributed by atoms with van der Waals surface area (Å²) in [4.78, 5) is 35.7. The Morgan fingerprint density at radius 3 is 2.76 bits per heavy atom. The fourth-order valence-corrected chi connectivity index (χ4v) is 3.12. The molecule has 0 bridgehead atoms. The fraction of sp³-hybridized carbons (Fsp3) is 0.526. The van der Waals surface area contributed by atoms with E-state index in [1.807, 2.05) is 13.0 Å². The molecule has 0 saturated carbocycles. The lowest BCUT2D eigenvalue weighted by Gasteiger charge is -2.31. The summed E-state index contributed by atoms with van der Waals surface area (Å²) in [5.41, 5.74) is 1.44. The van der Waals surface area contributed by atoms with Gasteiger partial charge in [-0.25, -0.2) is 4.79 Å². The summed E-state index contributed by atoms with van der Waals surface area (Å²) in [7, 11) is 0. The lowest BCUT2D eigenvalue weighted by atomic mass is 9.82. The Morgan fingerprint density at radius 1 is 1.48 bits per heavy atom. The first-order chi connectivity index (χ1) is 11.8. The summed E-state index contributed by atoms with van der Waals surface area (Å²) < 4.78 is 5.32. The molecule has 1 saturated heterocycles. The third kappa shape index (κ3) is 4.07. The molecule has 1 aliphatic carbocycles. The number of aliphatic hydroxyl groups is 1. The van der Waals surface area contributed by atoms with Crippen LogP contribution in [0.25, 0.3) is 0 Å². The molecule has 0 aromatic rings. The van der Waals surface area contributed by atoms with Crippen molar-refractivity contribution in [2.45, 2.75) is 51.9 Å². The zero-order valence-corrected chi connectivity index (χ0v) is 14.8. The number of amides is 1. The highest BCUT2D eigenvalue weighted by atomic mass is 16.6. The molecule has 0 spiro atoms. The first kappa shape index (κ1) is 19.1. The molecule has 2 N–H and O–H groups in total. The van der Waals surface area contributed by atoms with Gasteiger partial charge in [-0.15, -0.1) is 0 Å². The third-order valence-electron chi connectivity index (χ3n) is 4.66. The van der Waals surface area contributed by atoms with Gasteiger partial charge in [-0.1, -0.05) is 32.1 Å². The van der Waals surface area contributed by atoms with Gasteiger partial charge in [0, 0.05) is 17.1 Å². The summed E-state index contributed by atoms with van der Waals surface area (Å²) in [5, 5.41) is 13.7. The van der Waals surface area contributed by atoms with Crippen LogP contribution in [0.1, 0.15) is 33.6 Å². The predicted molar refractivity (Wildman–Crippen MR) is 92.4 cm³/mol. The van der Waals surface area contributed by atoms with Gasteiger partial charge in [0.25, 0.3) is 0 Å². The van der Waals surface area contributed by atoms with Crippen molar-refractivity contribution in [3.05, 3.63) is 35.5 Å². The zero-order chi connectivity index (χ0) is 18.7. The molecular formula is C19H25NO5. The van der Waals surface area contributed by atoms with E-state index < -0.39 is 30.1 Å². The van der Waals surface area contributed by atoms with E-state index in [0.717, 1.165) is 5.57 Å². The smallest absolute Gasteiger partial charge is 0.334 e. The third-order valence-corrected chi connectivity index (χ3v) is 4.66. The number of rotatable bonds is 3. The van der Waals surface area contributed by atoms with E-state index in [9.17, 15) is 19.5 Å². The molecule has 6 heteroatoms. The Bertz CT molecular complexity index is 646. The molecule has 2 rings (SSSR count). The first-order valence-electron chi connectivity index (χ1n) is 8.47. The second-order valence-electron chi connectivity index (χ2n) is 6.93. The van der Waals surface area contributed by atoms with Crippen LogP contribution < -0.4 is 5.32 Å². The minimum absolute atomic E-state index is 0.149. The Kier molecular flexibility index (Phi) is 5.95. The molecule has 6 nitrogen and oxygen atoms in total. The topological polar surface area (TPSA) is 92.7 Å². The molecule has 0 aromatic heterocycles. The second kappa shape index (κ2) is 7.78. The summed E-state index contributed by atoms with van der Waals surface area (Å²) >= 11 is 0. The molecule has 136 valence electrons. The SMILES string of the molecule is C=C1C(=O)O[C@H]2/C=C(\C)CC/C=C(/C=O)[C@H](NC(=O)C(C)C)[C@@H](O)[C@H]12. The number of nitrogens with one attached hydrogen (secondary N) is 1. The Hall–Kier alpha value is -2.21. The quantitative estimate of drug-likeness (QED) is 0.349. The lowest BCUT2D eigenvalue weighted by Crippen LogP contribution is -2.51. The van der Waals surface area contributed by atoms with E-state index in [2.05, 4.69) is 11.9 Å². The minimum atomic E-state index is -1.20. The Balaban J connectivity index is 2.46. The molecule has 0 unspecified atom stereocenters. The van der Waals surface area contributed by atoms with Gasteiger partial charge < -0.3 is 15.2 Å². The van der Waals surface area contributed by atoms with Crippen molar-refractivity contribution in [3.8, 4) is 0 Å². The van der Waals surface area contributed by atoms with Crippen molar-refractivity contribution < 1.29 is 24.2 Å². The van der Waals surface area contributed by atoms with Crippen molar-refractivity contribution >= 4 is 18.2 Å². The normalized spacial score (nSPS) is 34.3. The van der Waals surface area contributed by atoms with Crippen molar-refractivity contribution in [3.63, 3.8) is 0 Å².